The van der Waals surface area contributed by atoms with Crippen molar-refractivity contribution < 1.29 is 9.53 Å². The van der Waals surface area contributed by atoms with Crippen LogP contribution >= 0.6 is 0 Å². The van der Waals surface area contributed by atoms with Crippen molar-refractivity contribution in [2.24, 2.45) is 5.92 Å². The fourth-order valence-corrected chi connectivity index (χ4v) is 3.00. The van der Waals surface area contributed by atoms with E-state index in [0.717, 1.165) is 38.1 Å². The van der Waals surface area contributed by atoms with Crippen LogP contribution in [-0.2, 0) is 17.8 Å². The van der Waals surface area contributed by atoms with Crippen LogP contribution in [0.4, 0.5) is 0 Å². The zero-order valence-electron chi connectivity index (χ0n) is 14.9. The van der Waals surface area contributed by atoms with Gasteiger partial charge in [0.25, 0.3) is 11.5 Å². The molecule has 0 spiro atoms. The van der Waals surface area contributed by atoms with Gasteiger partial charge in [0, 0.05) is 19.5 Å². The quantitative estimate of drug-likeness (QED) is 0.904. The lowest BCUT2D eigenvalue weighted by Crippen LogP contribution is -2.31. The lowest BCUT2D eigenvalue weighted by molar-refractivity contribution is -0.123. The first-order chi connectivity index (χ1) is 12.0. The molecule has 2 aromatic rings. The van der Waals surface area contributed by atoms with E-state index in [1.54, 1.807) is 22.8 Å². The smallest absolute Gasteiger partial charge is 0.261 e. The van der Waals surface area contributed by atoms with Gasteiger partial charge in [-0.05, 0) is 37.0 Å². The summed E-state index contributed by atoms with van der Waals surface area (Å²) in [5, 5.41) is 3.35. The van der Waals surface area contributed by atoms with Crippen molar-refractivity contribution >= 4 is 16.8 Å². The third-order valence-corrected chi connectivity index (χ3v) is 4.36. The number of carbonyl (C=O) groups excluding carboxylic acids is 1. The van der Waals surface area contributed by atoms with Gasteiger partial charge in [-0.25, -0.2) is 4.98 Å². The largest absolute Gasteiger partial charge is 0.484 e. The number of hydrogen-bond acceptors (Lipinski definition) is 4. The van der Waals surface area contributed by atoms with Crippen molar-refractivity contribution in [2.75, 3.05) is 13.2 Å². The molecular weight excluding hydrogens is 318 g/mol. The normalized spacial score (nSPS) is 14.2. The van der Waals surface area contributed by atoms with Crippen LogP contribution in [-0.4, -0.2) is 28.6 Å². The summed E-state index contributed by atoms with van der Waals surface area (Å²) in [5.74, 6) is 1.62. The molecule has 0 saturated heterocycles. The Kier molecular flexibility index (Phi) is 5.36. The first-order valence-corrected chi connectivity index (χ1v) is 8.97. The summed E-state index contributed by atoms with van der Waals surface area (Å²) in [4.78, 5) is 29.2. The molecule has 1 aromatic carbocycles. The first-order valence-electron chi connectivity index (χ1n) is 8.97. The van der Waals surface area contributed by atoms with Crippen molar-refractivity contribution in [3.63, 3.8) is 0 Å². The average Bonchev–Trinajstić information content (AvgIpc) is 2.84. The second-order valence-corrected chi connectivity index (χ2v) is 6.96. The predicted molar refractivity (Wildman–Crippen MR) is 96.9 cm³/mol. The Morgan fingerprint density at radius 3 is 2.96 bits per heavy atom. The van der Waals surface area contributed by atoms with E-state index in [-0.39, 0.29) is 18.1 Å². The minimum absolute atomic E-state index is 0.0170. The zero-order valence-corrected chi connectivity index (χ0v) is 14.9. The fraction of sp³-hybridized carbons (Fsp3) is 0.526. The fourth-order valence-electron chi connectivity index (χ4n) is 3.00. The van der Waals surface area contributed by atoms with Gasteiger partial charge >= 0.3 is 0 Å². The van der Waals surface area contributed by atoms with Crippen molar-refractivity contribution in [2.45, 2.75) is 46.1 Å². The summed E-state index contributed by atoms with van der Waals surface area (Å²) in [6.45, 7) is 5.36. The molecule has 1 aromatic heterocycles. The van der Waals surface area contributed by atoms with E-state index >= 15 is 0 Å². The topological polar surface area (TPSA) is 73.2 Å². The van der Waals surface area contributed by atoms with E-state index in [0.29, 0.717) is 29.1 Å². The Hall–Kier alpha value is -2.37. The van der Waals surface area contributed by atoms with Gasteiger partial charge in [0.2, 0.25) is 0 Å². The zero-order chi connectivity index (χ0) is 17.8. The lowest BCUT2D eigenvalue weighted by atomic mass is 10.2. The van der Waals surface area contributed by atoms with Crippen LogP contribution in [0.15, 0.2) is 23.0 Å². The molecule has 25 heavy (non-hydrogen) atoms. The molecule has 0 bridgehead atoms. The summed E-state index contributed by atoms with van der Waals surface area (Å²) in [6, 6.07) is 5.25. The predicted octanol–water partition coefficient (Wildman–Crippen LogP) is 2.27. The number of nitrogens with one attached hydrogen (secondary N) is 1. The highest BCUT2D eigenvalue weighted by molar-refractivity contribution is 5.80. The minimum atomic E-state index is -0.162. The van der Waals surface area contributed by atoms with Gasteiger partial charge in [-0.1, -0.05) is 20.3 Å². The van der Waals surface area contributed by atoms with E-state index < -0.39 is 0 Å². The minimum Gasteiger partial charge on any atom is -0.484 e. The highest BCUT2D eigenvalue weighted by atomic mass is 16.5. The van der Waals surface area contributed by atoms with Crippen LogP contribution in [0.5, 0.6) is 5.75 Å². The molecule has 1 amide bonds. The SMILES string of the molecule is CC(C)CNC(=O)COc1ccc2nc3n(c(=O)c2c1)CCCCC3. The summed E-state index contributed by atoms with van der Waals surface area (Å²) >= 11 is 0. The number of aryl methyl sites for hydroxylation is 1. The highest BCUT2D eigenvalue weighted by Gasteiger charge is 2.14. The third-order valence-electron chi connectivity index (χ3n) is 4.36. The van der Waals surface area contributed by atoms with Gasteiger partial charge in [0.1, 0.15) is 11.6 Å². The summed E-state index contributed by atoms with van der Waals surface area (Å²) < 4.78 is 7.33. The van der Waals surface area contributed by atoms with Crippen molar-refractivity contribution in [1.82, 2.24) is 14.9 Å². The van der Waals surface area contributed by atoms with E-state index in [4.69, 9.17) is 4.74 Å². The van der Waals surface area contributed by atoms with Crippen molar-refractivity contribution in [3.8, 4) is 5.75 Å². The van der Waals surface area contributed by atoms with E-state index in [2.05, 4.69) is 10.3 Å². The lowest BCUT2D eigenvalue weighted by Gasteiger charge is -2.12. The van der Waals surface area contributed by atoms with Gasteiger partial charge in [-0.3, -0.25) is 14.2 Å². The second-order valence-electron chi connectivity index (χ2n) is 6.96. The number of nitrogens with zero attached hydrogens (tertiary/aromatic N) is 2. The molecule has 0 atom stereocenters. The van der Waals surface area contributed by atoms with E-state index in [1.807, 2.05) is 13.8 Å². The number of ether oxygens (including phenoxy) is 1. The average molecular weight is 343 g/mol. The van der Waals surface area contributed by atoms with E-state index in [1.165, 1.54) is 0 Å². The van der Waals surface area contributed by atoms with Crippen LogP contribution in [0.3, 0.4) is 0 Å². The maximum Gasteiger partial charge on any atom is 0.261 e. The molecule has 1 N–H and O–H groups in total. The van der Waals surface area contributed by atoms with Crippen molar-refractivity contribution in [1.29, 1.82) is 0 Å². The van der Waals surface area contributed by atoms with Gasteiger partial charge in [0.15, 0.2) is 6.61 Å². The standard InChI is InChI=1S/C19H25N3O3/c1-13(2)11-20-18(23)12-25-14-7-8-16-15(10-14)19(24)22-9-5-3-4-6-17(22)21-16/h7-8,10,13H,3-6,9,11-12H2,1-2H3,(H,20,23). The van der Waals surface area contributed by atoms with Gasteiger partial charge < -0.3 is 10.1 Å². The van der Waals surface area contributed by atoms with Crippen LogP contribution in [0.2, 0.25) is 0 Å². The summed E-state index contributed by atoms with van der Waals surface area (Å²) in [7, 11) is 0. The number of rotatable bonds is 5. The molecule has 0 unspecified atom stereocenters. The van der Waals surface area contributed by atoms with E-state index in [9.17, 15) is 9.59 Å². The Balaban J connectivity index is 1.79. The molecular formula is C19H25N3O3. The second kappa shape index (κ2) is 7.68. The van der Waals surface area contributed by atoms with Crippen LogP contribution in [0.1, 0.15) is 38.9 Å². The molecule has 134 valence electrons. The molecule has 0 fully saturated rings. The van der Waals surface area contributed by atoms with Gasteiger partial charge in [-0.2, -0.15) is 0 Å². The number of benzene rings is 1. The molecule has 3 rings (SSSR count). The number of fused-ring (bicyclic) bond motifs is 2. The molecule has 1 aliphatic heterocycles. The number of amides is 1. The Labute approximate surface area is 147 Å². The number of hydrogen-bond donors (Lipinski definition) is 1. The number of carbonyl (C=O) groups is 1. The Bertz CT molecular complexity index is 827. The molecule has 0 aliphatic carbocycles. The van der Waals surface area contributed by atoms with Crippen LogP contribution in [0, 0.1) is 5.92 Å². The Morgan fingerprint density at radius 2 is 2.16 bits per heavy atom. The molecule has 6 nitrogen and oxygen atoms in total. The van der Waals surface area contributed by atoms with Gasteiger partial charge in [0.05, 0.1) is 10.9 Å². The maximum absolute atomic E-state index is 12.8. The molecule has 1 aliphatic rings. The molecule has 0 radical (unpaired) electrons. The maximum atomic E-state index is 12.8. The number of aromatic nitrogens is 2. The van der Waals surface area contributed by atoms with Crippen LogP contribution < -0.4 is 15.6 Å². The van der Waals surface area contributed by atoms with Gasteiger partial charge in [-0.15, -0.1) is 0 Å². The summed E-state index contributed by atoms with van der Waals surface area (Å²) in [5.41, 5.74) is 0.673. The third kappa shape index (κ3) is 4.18. The van der Waals surface area contributed by atoms with Crippen LogP contribution in [0.25, 0.3) is 10.9 Å². The Morgan fingerprint density at radius 1 is 1.32 bits per heavy atom. The van der Waals surface area contributed by atoms with Crippen molar-refractivity contribution in [3.05, 3.63) is 34.4 Å². The molecule has 0 saturated carbocycles. The summed E-state index contributed by atoms with van der Waals surface area (Å²) in [6.07, 6.45) is 4.05. The molecule has 6 heteroatoms. The first kappa shape index (κ1) is 17.5. The monoisotopic (exact) mass is 343 g/mol. The highest BCUT2D eigenvalue weighted by Crippen LogP contribution is 2.19. The molecule has 2 heterocycles.